The van der Waals surface area contributed by atoms with E-state index in [0.29, 0.717) is 17.7 Å². The van der Waals surface area contributed by atoms with E-state index in [1.807, 2.05) is 13.8 Å². The van der Waals surface area contributed by atoms with Crippen LogP contribution in [0.15, 0.2) is 4.42 Å². The number of piperidine rings is 1. The second-order valence-corrected chi connectivity index (χ2v) is 4.80. The van der Waals surface area contributed by atoms with Crippen molar-refractivity contribution in [2.45, 2.75) is 45.8 Å². The maximum Gasteiger partial charge on any atom is 0.230 e. The third-order valence-electron chi connectivity index (χ3n) is 3.48. The van der Waals surface area contributed by atoms with Crippen molar-refractivity contribution < 1.29 is 9.52 Å². The number of aliphatic hydroxyl groups excluding tert-OH is 1. The molecule has 1 N–H and O–H groups in total. The molecule has 17 heavy (non-hydrogen) atoms. The van der Waals surface area contributed by atoms with Crippen LogP contribution in [0, 0.1) is 5.92 Å². The van der Waals surface area contributed by atoms with Gasteiger partial charge in [-0.2, -0.15) is 0 Å². The lowest BCUT2D eigenvalue weighted by atomic mass is 9.92. The van der Waals surface area contributed by atoms with Crippen molar-refractivity contribution in [3.05, 3.63) is 11.8 Å². The Bertz CT molecular complexity index is 343. The summed E-state index contributed by atoms with van der Waals surface area (Å²) in [5.74, 6) is 1.86. The van der Waals surface area contributed by atoms with Gasteiger partial charge in [0.2, 0.25) is 11.8 Å². The van der Waals surface area contributed by atoms with E-state index in [1.54, 1.807) is 0 Å². The molecule has 0 aromatic carbocycles. The topological polar surface area (TPSA) is 62.4 Å². The molecule has 1 aromatic heterocycles. The van der Waals surface area contributed by atoms with E-state index in [4.69, 9.17) is 4.42 Å². The van der Waals surface area contributed by atoms with Crippen LogP contribution in [0.1, 0.15) is 38.5 Å². The van der Waals surface area contributed by atoms with Crippen molar-refractivity contribution in [3.8, 4) is 0 Å². The Kier molecular flexibility index (Phi) is 4.12. The summed E-state index contributed by atoms with van der Waals surface area (Å²) in [6.07, 6.45) is 2.70. The monoisotopic (exact) mass is 239 g/mol. The summed E-state index contributed by atoms with van der Waals surface area (Å²) in [6.45, 7) is 6.62. The Morgan fingerprint density at radius 3 is 2.53 bits per heavy atom. The van der Waals surface area contributed by atoms with Crippen LogP contribution in [0.4, 0.5) is 0 Å². The number of rotatable bonds is 4. The van der Waals surface area contributed by atoms with Gasteiger partial charge in [0.05, 0.1) is 12.6 Å². The van der Waals surface area contributed by atoms with Gasteiger partial charge in [-0.15, -0.1) is 10.2 Å². The molecular formula is C12H21N3O2. The molecule has 96 valence electrons. The molecule has 1 aliphatic heterocycles. The van der Waals surface area contributed by atoms with Crippen molar-refractivity contribution >= 4 is 0 Å². The van der Waals surface area contributed by atoms with E-state index in [-0.39, 0.29) is 6.10 Å². The summed E-state index contributed by atoms with van der Waals surface area (Å²) < 4.78 is 5.50. The maximum absolute atomic E-state index is 9.53. The minimum Gasteiger partial charge on any atom is -0.424 e. The molecule has 1 saturated heterocycles. The molecule has 1 unspecified atom stereocenters. The predicted octanol–water partition coefficient (Wildman–Crippen LogP) is 1.22. The first-order valence-electron chi connectivity index (χ1n) is 6.40. The van der Waals surface area contributed by atoms with Crippen LogP contribution in [0.25, 0.3) is 0 Å². The summed E-state index contributed by atoms with van der Waals surface area (Å²) in [4.78, 5) is 2.31. The molecule has 2 heterocycles. The minimum atomic E-state index is -0.188. The SMILES string of the molecule is CCc1nnc(CN2CCC(C(C)O)CC2)o1. The zero-order chi connectivity index (χ0) is 12.3. The van der Waals surface area contributed by atoms with Crippen molar-refractivity contribution in [1.29, 1.82) is 0 Å². The van der Waals surface area contributed by atoms with Crippen LogP contribution >= 0.6 is 0 Å². The second-order valence-electron chi connectivity index (χ2n) is 4.80. The summed E-state index contributed by atoms with van der Waals surface area (Å²) in [5.41, 5.74) is 0. The van der Waals surface area contributed by atoms with Gasteiger partial charge in [0.25, 0.3) is 0 Å². The first-order chi connectivity index (χ1) is 8.19. The van der Waals surface area contributed by atoms with Crippen LogP contribution in [-0.4, -0.2) is 39.4 Å². The van der Waals surface area contributed by atoms with Crippen LogP contribution in [0.5, 0.6) is 0 Å². The molecule has 0 radical (unpaired) electrons. The number of likely N-dealkylation sites (tertiary alicyclic amines) is 1. The van der Waals surface area contributed by atoms with Gasteiger partial charge < -0.3 is 9.52 Å². The normalized spacial score (nSPS) is 20.6. The van der Waals surface area contributed by atoms with Crippen molar-refractivity contribution in [3.63, 3.8) is 0 Å². The molecule has 1 atom stereocenters. The first-order valence-corrected chi connectivity index (χ1v) is 6.40. The quantitative estimate of drug-likeness (QED) is 0.856. The van der Waals surface area contributed by atoms with E-state index < -0.39 is 0 Å². The van der Waals surface area contributed by atoms with Gasteiger partial charge in [0.15, 0.2) is 0 Å². The number of aliphatic hydroxyl groups is 1. The molecule has 0 aliphatic carbocycles. The zero-order valence-corrected chi connectivity index (χ0v) is 10.6. The third-order valence-corrected chi connectivity index (χ3v) is 3.48. The van der Waals surface area contributed by atoms with Gasteiger partial charge >= 0.3 is 0 Å². The van der Waals surface area contributed by atoms with Crippen LogP contribution < -0.4 is 0 Å². The highest BCUT2D eigenvalue weighted by atomic mass is 16.4. The summed E-state index contributed by atoms with van der Waals surface area (Å²) in [7, 11) is 0. The molecule has 0 bridgehead atoms. The third kappa shape index (κ3) is 3.26. The molecule has 5 heteroatoms. The number of hydrogen-bond donors (Lipinski definition) is 1. The molecule has 2 rings (SSSR count). The number of nitrogens with zero attached hydrogens (tertiary/aromatic N) is 3. The predicted molar refractivity (Wildman–Crippen MR) is 63.4 cm³/mol. The highest BCUT2D eigenvalue weighted by Gasteiger charge is 2.23. The molecule has 0 saturated carbocycles. The zero-order valence-electron chi connectivity index (χ0n) is 10.6. The van der Waals surface area contributed by atoms with Crippen LogP contribution in [-0.2, 0) is 13.0 Å². The summed E-state index contributed by atoms with van der Waals surface area (Å²) in [6, 6.07) is 0. The highest BCUT2D eigenvalue weighted by Crippen LogP contribution is 2.21. The molecule has 0 amide bonds. The van der Waals surface area contributed by atoms with E-state index in [0.717, 1.165) is 38.9 Å². The van der Waals surface area contributed by atoms with Gasteiger partial charge in [-0.3, -0.25) is 4.90 Å². The second kappa shape index (κ2) is 5.60. The van der Waals surface area contributed by atoms with Crippen molar-refractivity contribution in [2.24, 2.45) is 5.92 Å². The smallest absolute Gasteiger partial charge is 0.230 e. The summed E-state index contributed by atoms with van der Waals surface area (Å²) >= 11 is 0. The number of aromatic nitrogens is 2. The lowest BCUT2D eigenvalue weighted by molar-refractivity contribution is 0.0666. The molecule has 0 spiro atoms. The van der Waals surface area contributed by atoms with Gasteiger partial charge in [0.1, 0.15) is 0 Å². The first kappa shape index (κ1) is 12.5. The fourth-order valence-corrected chi connectivity index (χ4v) is 2.28. The Labute approximate surface area is 102 Å². The van der Waals surface area contributed by atoms with E-state index in [1.165, 1.54) is 0 Å². The van der Waals surface area contributed by atoms with Crippen LogP contribution in [0.2, 0.25) is 0 Å². The molecule has 1 aliphatic rings. The van der Waals surface area contributed by atoms with Gasteiger partial charge in [0, 0.05) is 6.42 Å². The van der Waals surface area contributed by atoms with Crippen molar-refractivity contribution in [1.82, 2.24) is 15.1 Å². The fraction of sp³-hybridized carbons (Fsp3) is 0.833. The summed E-state index contributed by atoms with van der Waals surface area (Å²) in [5, 5.41) is 17.5. The van der Waals surface area contributed by atoms with E-state index in [9.17, 15) is 5.11 Å². The van der Waals surface area contributed by atoms with Gasteiger partial charge in [-0.05, 0) is 38.8 Å². The molecule has 1 fully saturated rings. The van der Waals surface area contributed by atoms with Gasteiger partial charge in [-0.1, -0.05) is 6.92 Å². The Hall–Kier alpha value is -0.940. The van der Waals surface area contributed by atoms with Gasteiger partial charge in [-0.25, -0.2) is 0 Å². The van der Waals surface area contributed by atoms with Crippen molar-refractivity contribution in [2.75, 3.05) is 13.1 Å². The maximum atomic E-state index is 9.53. The Morgan fingerprint density at radius 1 is 1.35 bits per heavy atom. The lowest BCUT2D eigenvalue weighted by Crippen LogP contribution is -2.36. The molecule has 5 nitrogen and oxygen atoms in total. The number of aryl methyl sites for hydroxylation is 1. The average Bonchev–Trinajstić information content (AvgIpc) is 2.77. The minimum absolute atomic E-state index is 0.188. The standard InChI is InChI=1S/C12H21N3O2/c1-3-11-13-14-12(17-11)8-15-6-4-10(5-7-15)9(2)16/h9-10,16H,3-8H2,1-2H3. The molecular weight excluding hydrogens is 218 g/mol. The van der Waals surface area contributed by atoms with E-state index in [2.05, 4.69) is 15.1 Å². The Balaban J connectivity index is 1.81. The fourth-order valence-electron chi connectivity index (χ4n) is 2.28. The average molecular weight is 239 g/mol. The largest absolute Gasteiger partial charge is 0.424 e. The highest BCUT2D eigenvalue weighted by molar-refractivity contribution is 4.83. The lowest BCUT2D eigenvalue weighted by Gasteiger charge is -2.32. The molecule has 1 aromatic rings. The van der Waals surface area contributed by atoms with E-state index >= 15 is 0 Å². The Morgan fingerprint density at radius 2 is 2.00 bits per heavy atom. The van der Waals surface area contributed by atoms with Crippen LogP contribution in [0.3, 0.4) is 0 Å². The number of hydrogen-bond acceptors (Lipinski definition) is 5.